The summed E-state index contributed by atoms with van der Waals surface area (Å²) in [4.78, 5) is 17.3. The van der Waals surface area contributed by atoms with Crippen LogP contribution < -0.4 is 5.32 Å². The van der Waals surface area contributed by atoms with Gasteiger partial charge in [0.2, 0.25) is 0 Å². The Morgan fingerprint density at radius 2 is 2.24 bits per heavy atom. The molecule has 0 radical (unpaired) electrons. The summed E-state index contributed by atoms with van der Waals surface area (Å²) in [5, 5.41) is 12.4. The van der Waals surface area contributed by atoms with Crippen molar-refractivity contribution in [3.05, 3.63) is 24.0 Å². The molecule has 94 valence electrons. The maximum atomic E-state index is 11.8. The molecule has 0 bridgehead atoms. The molecule has 0 aromatic carbocycles. The first-order valence-corrected chi connectivity index (χ1v) is 5.45. The lowest BCUT2D eigenvalue weighted by atomic mass is 10.1. The van der Waals surface area contributed by atoms with E-state index in [1.165, 1.54) is 4.90 Å². The lowest BCUT2D eigenvalue weighted by molar-refractivity contribution is 0.0550. The van der Waals surface area contributed by atoms with Crippen molar-refractivity contribution < 1.29 is 9.90 Å². The van der Waals surface area contributed by atoms with Gasteiger partial charge in [0.1, 0.15) is 0 Å². The molecule has 1 rings (SSSR count). The standard InChI is InChI=1S/C12H19N3O2/c1-9-7-10(5-6-13-9)14-11(16)15(4)8-12(2,3)17/h5-7,17H,8H2,1-4H3,(H,13,14,16). The van der Waals surface area contributed by atoms with Gasteiger partial charge in [0.05, 0.1) is 12.1 Å². The number of carbonyl (C=O) groups is 1. The van der Waals surface area contributed by atoms with Crippen LogP contribution >= 0.6 is 0 Å². The van der Waals surface area contributed by atoms with Crippen molar-refractivity contribution in [2.45, 2.75) is 26.4 Å². The van der Waals surface area contributed by atoms with Crippen LogP contribution in [0.1, 0.15) is 19.5 Å². The fourth-order valence-corrected chi connectivity index (χ4v) is 1.49. The normalized spacial score (nSPS) is 11.1. The second-order valence-electron chi connectivity index (χ2n) is 4.78. The quantitative estimate of drug-likeness (QED) is 0.839. The molecular weight excluding hydrogens is 218 g/mol. The monoisotopic (exact) mass is 237 g/mol. The molecule has 0 fully saturated rings. The van der Waals surface area contributed by atoms with Gasteiger partial charge >= 0.3 is 6.03 Å². The van der Waals surface area contributed by atoms with Gasteiger partial charge in [-0.1, -0.05) is 0 Å². The molecule has 5 heteroatoms. The van der Waals surface area contributed by atoms with Gasteiger partial charge in [-0.2, -0.15) is 0 Å². The van der Waals surface area contributed by atoms with E-state index >= 15 is 0 Å². The topological polar surface area (TPSA) is 65.5 Å². The van der Waals surface area contributed by atoms with E-state index in [1.807, 2.05) is 6.92 Å². The summed E-state index contributed by atoms with van der Waals surface area (Å²) >= 11 is 0. The van der Waals surface area contributed by atoms with Gasteiger partial charge in [-0.3, -0.25) is 4.98 Å². The Morgan fingerprint density at radius 1 is 1.59 bits per heavy atom. The number of nitrogens with zero attached hydrogens (tertiary/aromatic N) is 2. The summed E-state index contributed by atoms with van der Waals surface area (Å²) in [6.45, 7) is 5.44. The van der Waals surface area contributed by atoms with E-state index in [2.05, 4.69) is 10.3 Å². The minimum atomic E-state index is -0.903. The molecule has 1 heterocycles. The molecule has 0 saturated heterocycles. The minimum Gasteiger partial charge on any atom is -0.389 e. The molecule has 1 aromatic rings. The average Bonchev–Trinajstić information content (AvgIpc) is 2.14. The lowest BCUT2D eigenvalue weighted by Gasteiger charge is -2.25. The van der Waals surface area contributed by atoms with E-state index in [1.54, 1.807) is 39.2 Å². The Bertz CT molecular complexity index is 399. The molecule has 0 saturated carbocycles. The van der Waals surface area contributed by atoms with Crippen LogP contribution in [0.4, 0.5) is 10.5 Å². The number of aromatic nitrogens is 1. The number of anilines is 1. The SMILES string of the molecule is Cc1cc(NC(=O)N(C)CC(C)(C)O)ccn1. The van der Waals surface area contributed by atoms with Crippen molar-refractivity contribution in [3.8, 4) is 0 Å². The Morgan fingerprint density at radius 3 is 2.76 bits per heavy atom. The largest absolute Gasteiger partial charge is 0.389 e. The number of pyridine rings is 1. The zero-order valence-electron chi connectivity index (χ0n) is 10.7. The van der Waals surface area contributed by atoms with Gasteiger partial charge in [-0.25, -0.2) is 4.79 Å². The predicted molar refractivity (Wildman–Crippen MR) is 66.9 cm³/mol. The first-order chi connectivity index (χ1) is 7.78. The van der Waals surface area contributed by atoms with Gasteiger partial charge < -0.3 is 15.3 Å². The van der Waals surface area contributed by atoms with Crippen molar-refractivity contribution in [2.75, 3.05) is 18.9 Å². The number of nitrogens with one attached hydrogen (secondary N) is 1. The molecule has 2 N–H and O–H groups in total. The Labute approximate surface area is 101 Å². The highest BCUT2D eigenvalue weighted by Crippen LogP contribution is 2.09. The molecule has 0 atom stereocenters. The highest BCUT2D eigenvalue weighted by Gasteiger charge is 2.19. The molecule has 2 amide bonds. The van der Waals surface area contributed by atoms with E-state index in [4.69, 9.17) is 0 Å². The average molecular weight is 237 g/mol. The van der Waals surface area contributed by atoms with E-state index in [9.17, 15) is 9.90 Å². The highest BCUT2D eigenvalue weighted by atomic mass is 16.3. The van der Waals surface area contributed by atoms with E-state index in [0.29, 0.717) is 5.69 Å². The summed E-state index contributed by atoms with van der Waals surface area (Å²) in [5.74, 6) is 0. The summed E-state index contributed by atoms with van der Waals surface area (Å²) in [6, 6.07) is 3.26. The van der Waals surface area contributed by atoms with Crippen LogP contribution in [0.2, 0.25) is 0 Å². The molecule has 0 unspecified atom stereocenters. The van der Waals surface area contributed by atoms with Crippen LogP contribution in [0.5, 0.6) is 0 Å². The minimum absolute atomic E-state index is 0.252. The fourth-order valence-electron chi connectivity index (χ4n) is 1.49. The third kappa shape index (κ3) is 4.82. The number of amides is 2. The number of urea groups is 1. The van der Waals surface area contributed by atoms with Crippen molar-refractivity contribution in [3.63, 3.8) is 0 Å². The van der Waals surface area contributed by atoms with E-state index < -0.39 is 5.60 Å². The van der Waals surface area contributed by atoms with Crippen LogP contribution in [0.3, 0.4) is 0 Å². The number of aliphatic hydroxyl groups is 1. The zero-order valence-corrected chi connectivity index (χ0v) is 10.7. The van der Waals surface area contributed by atoms with Crippen LogP contribution in [-0.2, 0) is 0 Å². The molecule has 0 spiro atoms. The number of likely N-dealkylation sites (N-methyl/N-ethyl adjacent to an activating group) is 1. The maximum Gasteiger partial charge on any atom is 0.321 e. The van der Waals surface area contributed by atoms with Gasteiger partial charge in [-0.05, 0) is 32.9 Å². The van der Waals surface area contributed by atoms with Crippen molar-refractivity contribution in [1.29, 1.82) is 0 Å². The third-order valence-electron chi connectivity index (χ3n) is 2.12. The van der Waals surface area contributed by atoms with Gasteiger partial charge in [0, 0.05) is 24.6 Å². The van der Waals surface area contributed by atoms with Gasteiger partial charge in [-0.15, -0.1) is 0 Å². The molecule has 0 aliphatic heterocycles. The van der Waals surface area contributed by atoms with Crippen molar-refractivity contribution in [1.82, 2.24) is 9.88 Å². The number of hydrogen-bond donors (Lipinski definition) is 2. The summed E-state index contributed by atoms with van der Waals surface area (Å²) < 4.78 is 0. The third-order valence-corrected chi connectivity index (χ3v) is 2.12. The van der Waals surface area contributed by atoms with E-state index in [-0.39, 0.29) is 12.6 Å². The maximum absolute atomic E-state index is 11.8. The van der Waals surface area contributed by atoms with Gasteiger partial charge in [0.15, 0.2) is 0 Å². The smallest absolute Gasteiger partial charge is 0.321 e. The number of aryl methyl sites for hydroxylation is 1. The van der Waals surface area contributed by atoms with Crippen molar-refractivity contribution in [2.24, 2.45) is 0 Å². The molecular formula is C12H19N3O2. The van der Waals surface area contributed by atoms with Crippen LogP contribution in [0.15, 0.2) is 18.3 Å². The first-order valence-electron chi connectivity index (χ1n) is 5.45. The highest BCUT2D eigenvalue weighted by molar-refractivity contribution is 5.89. The molecule has 1 aromatic heterocycles. The Kier molecular flexibility index (Phi) is 4.07. The Balaban J connectivity index is 2.60. The molecule has 0 aliphatic carbocycles. The molecule has 0 aliphatic rings. The number of rotatable bonds is 3. The zero-order chi connectivity index (χ0) is 13.1. The number of hydrogen-bond acceptors (Lipinski definition) is 3. The predicted octanol–water partition coefficient (Wildman–Crippen LogP) is 1.62. The van der Waals surface area contributed by atoms with Crippen LogP contribution in [0.25, 0.3) is 0 Å². The molecule has 17 heavy (non-hydrogen) atoms. The summed E-state index contributed by atoms with van der Waals surface area (Å²) in [5.41, 5.74) is 0.637. The van der Waals surface area contributed by atoms with Crippen molar-refractivity contribution >= 4 is 11.7 Å². The summed E-state index contributed by atoms with van der Waals surface area (Å²) in [6.07, 6.45) is 1.64. The fraction of sp³-hybridized carbons (Fsp3) is 0.500. The second kappa shape index (κ2) is 5.14. The lowest BCUT2D eigenvalue weighted by Crippen LogP contribution is -2.41. The Hall–Kier alpha value is -1.62. The molecule has 5 nitrogen and oxygen atoms in total. The van der Waals surface area contributed by atoms with Crippen LogP contribution in [-0.4, -0.2) is 40.2 Å². The summed E-state index contributed by atoms with van der Waals surface area (Å²) in [7, 11) is 1.64. The van der Waals surface area contributed by atoms with Crippen LogP contribution in [0, 0.1) is 6.92 Å². The van der Waals surface area contributed by atoms with E-state index in [0.717, 1.165) is 5.69 Å². The first kappa shape index (κ1) is 13.4. The van der Waals surface area contributed by atoms with Gasteiger partial charge in [0.25, 0.3) is 0 Å². The number of carbonyl (C=O) groups excluding carboxylic acids is 1. The second-order valence-corrected chi connectivity index (χ2v) is 4.78.